The molecule has 0 spiro atoms. The third kappa shape index (κ3) is 4.85. The molecule has 27 heavy (non-hydrogen) atoms. The van der Waals surface area contributed by atoms with Gasteiger partial charge in [0, 0.05) is 12.3 Å². The van der Waals surface area contributed by atoms with Crippen LogP contribution in [0, 0.1) is 0 Å². The molecule has 1 heterocycles. The van der Waals surface area contributed by atoms with E-state index >= 15 is 0 Å². The SMILES string of the molecule is COC(Oc1ccccn1)=C(C(=O)OOc1ccccc1)c1ccccc1. The van der Waals surface area contributed by atoms with Gasteiger partial charge in [-0.25, -0.2) is 14.7 Å². The Morgan fingerprint density at radius 2 is 1.52 bits per heavy atom. The van der Waals surface area contributed by atoms with Gasteiger partial charge in [-0.15, -0.1) is 0 Å². The lowest BCUT2D eigenvalue weighted by Crippen LogP contribution is -2.15. The molecule has 3 aromatic rings. The molecule has 0 amide bonds. The number of carbonyl (C=O) groups excluding carboxylic acids is 1. The Balaban J connectivity index is 1.90. The van der Waals surface area contributed by atoms with E-state index < -0.39 is 5.97 Å². The van der Waals surface area contributed by atoms with Gasteiger partial charge in [0.1, 0.15) is 0 Å². The van der Waals surface area contributed by atoms with Crippen LogP contribution in [0.15, 0.2) is 91.0 Å². The number of pyridine rings is 1. The maximum atomic E-state index is 12.7. The first-order chi connectivity index (χ1) is 13.3. The van der Waals surface area contributed by atoms with Gasteiger partial charge in [-0.1, -0.05) is 54.6 Å². The van der Waals surface area contributed by atoms with Crippen molar-refractivity contribution in [3.63, 3.8) is 0 Å². The topological polar surface area (TPSA) is 66.9 Å². The van der Waals surface area contributed by atoms with Gasteiger partial charge in [0.05, 0.1) is 7.11 Å². The Bertz CT molecular complexity index is 896. The molecule has 0 radical (unpaired) electrons. The van der Waals surface area contributed by atoms with Crippen molar-refractivity contribution in [2.24, 2.45) is 0 Å². The van der Waals surface area contributed by atoms with Crippen LogP contribution in [0.25, 0.3) is 5.57 Å². The number of carbonyl (C=O) groups is 1. The highest BCUT2D eigenvalue weighted by molar-refractivity contribution is 6.16. The summed E-state index contributed by atoms with van der Waals surface area (Å²) in [6.07, 6.45) is 1.57. The lowest BCUT2D eigenvalue weighted by molar-refractivity contribution is -0.206. The molecule has 0 atom stereocenters. The van der Waals surface area contributed by atoms with E-state index in [0.29, 0.717) is 11.3 Å². The van der Waals surface area contributed by atoms with Gasteiger partial charge >= 0.3 is 11.9 Å². The smallest absolute Gasteiger partial charge is 0.393 e. The predicted octanol–water partition coefficient (Wildman–Crippen LogP) is 4.01. The Kier molecular flexibility index (Phi) is 6.04. The molecular weight excluding hydrogens is 346 g/mol. The zero-order chi connectivity index (χ0) is 18.9. The van der Waals surface area contributed by atoms with E-state index in [0.717, 1.165) is 0 Å². The zero-order valence-corrected chi connectivity index (χ0v) is 14.6. The monoisotopic (exact) mass is 363 g/mol. The van der Waals surface area contributed by atoms with Crippen LogP contribution in [0.1, 0.15) is 5.56 Å². The molecule has 0 aliphatic rings. The summed E-state index contributed by atoms with van der Waals surface area (Å²) in [7, 11) is 1.40. The van der Waals surface area contributed by atoms with Crippen molar-refractivity contribution < 1.29 is 24.0 Å². The Morgan fingerprint density at radius 3 is 2.15 bits per heavy atom. The van der Waals surface area contributed by atoms with Crippen LogP contribution in [0.3, 0.4) is 0 Å². The van der Waals surface area contributed by atoms with Gasteiger partial charge in [0.2, 0.25) is 5.88 Å². The third-order valence-electron chi connectivity index (χ3n) is 3.45. The first-order valence-electron chi connectivity index (χ1n) is 8.14. The molecule has 1 aromatic heterocycles. The van der Waals surface area contributed by atoms with E-state index in [2.05, 4.69) is 4.98 Å². The lowest BCUT2D eigenvalue weighted by atomic mass is 10.1. The van der Waals surface area contributed by atoms with Gasteiger partial charge in [0.15, 0.2) is 11.3 Å². The minimum Gasteiger partial charge on any atom is -0.468 e. The maximum absolute atomic E-state index is 12.7. The minimum absolute atomic E-state index is 0.0541. The number of ether oxygens (including phenoxy) is 2. The fraction of sp³-hybridized carbons (Fsp3) is 0.0476. The molecule has 0 aliphatic carbocycles. The standard InChI is InChI=1S/C21H17NO5/c1-24-21(25-18-14-8-9-15-22-18)19(16-10-4-2-5-11-16)20(23)27-26-17-12-6-3-7-13-17/h2-15H,1H3. The number of rotatable bonds is 7. The molecule has 0 saturated carbocycles. The normalized spacial score (nSPS) is 11.1. The average Bonchev–Trinajstić information content (AvgIpc) is 2.74. The second-order valence-corrected chi connectivity index (χ2v) is 5.27. The molecule has 2 aromatic carbocycles. The molecule has 3 rings (SSSR count). The summed E-state index contributed by atoms with van der Waals surface area (Å²) in [5, 5.41) is 0. The molecule has 0 N–H and O–H groups in total. The summed E-state index contributed by atoms with van der Waals surface area (Å²) in [6, 6.07) is 22.7. The average molecular weight is 363 g/mol. The van der Waals surface area contributed by atoms with Crippen molar-refractivity contribution in [1.82, 2.24) is 4.98 Å². The van der Waals surface area contributed by atoms with Crippen molar-refractivity contribution in [3.05, 3.63) is 96.6 Å². The van der Waals surface area contributed by atoms with Gasteiger partial charge in [-0.2, -0.15) is 0 Å². The summed E-state index contributed by atoms with van der Waals surface area (Å²) >= 11 is 0. The maximum Gasteiger partial charge on any atom is 0.393 e. The van der Waals surface area contributed by atoms with Crippen molar-refractivity contribution >= 4 is 11.5 Å². The number of benzene rings is 2. The molecule has 0 aliphatic heterocycles. The lowest BCUT2D eigenvalue weighted by Gasteiger charge is -2.13. The van der Waals surface area contributed by atoms with Crippen molar-refractivity contribution in [3.8, 4) is 11.6 Å². The highest BCUT2D eigenvalue weighted by atomic mass is 17.2. The molecule has 6 nitrogen and oxygen atoms in total. The number of hydrogen-bond donors (Lipinski definition) is 0. The quantitative estimate of drug-likeness (QED) is 0.273. The summed E-state index contributed by atoms with van der Waals surface area (Å²) < 4.78 is 10.9. The van der Waals surface area contributed by atoms with E-state index in [1.165, 1.54) is 7.11 Å². The van der Waals surface area contributed by atoms with Gasteiger partial charge in [-0.3, -0.25) is 4.89 Å². The number of para-hydroxylation sites is 1. The molecule has 0 unspecified atom stereocenters. The summed E-state index contributed by atoms with van der Waals surface area (Å²) in [5.41, 5.74) is 0.617. The summed E-state index contributed by atoms with van der Waals surface area (Å²) in [6.45, 7) is 0. The first-order valence-corrected chi connectivity index (χ1v) is 8.14. The molecule has 0 fully saturated rings. The molecule has 136 valence electrons. The van der Waals surface area contributed by atoms with E-state index in [1.807, 2.05) is 12.1 Å². The second-order valence-electron chi connectivity index (χ2n) is 5.27. The van der Waals surface area contributed by atoms with Gasteiger partial charge < -0.3 is 9.47 Å². The highest BCUT2D eigenvalue weighted by Gasteiger charge is 2.24. The van der Waals surface area contributed by atoms with Crippen LogP contribution in [-0.4, -0.2) is 18.1 Å². The zero-order valence-electron chi connectivity index (χ0n) is 14.6. The largest absolute Gasteiger partial charge is 0.468 e. The predicted molar refractivity (Wildman–Crippen MR) is 98.4 cm³/mol. The van der Waals surface area contributed by atoms with Crippen LogP contribution in [0.4, 0.5) is 0 Å². The third-order valence-corrected chi connectivity index (χ3v) is 3.45. The molecule has 0 bridgehead atoms. The summed E-state index contributed by atoms with van der Waals surface area (Å²) in [4.78, 5) is 26.9. The fourth-order valence-electron chi connectivity index (χ4n) is 2.22. The van der Waals surface area contributed by atoms with Gasteiger partial charge in [0.25, 0.3) is 0 Å². The van der Waals surface area contributed by atoms with Crippen LogP contribution < -0.4 is 9.62 Å². The van der Waals surface area contributed by atoms with Crippen molar-refractivity contribution in [2.75, 3.05) is 7.11 Å². The van der Waals surface area contributed by atoms with Gasteiger partial charge in [-0.05, 0) is 23.8 Å². The molecule has 6 heteroatoms. The van der Waals surface area contributed by atoms with Crippen LogP contribution in [0.2, 0.25) is 0 Å². The minimum atomic E-state index is -0.766. The number of methoxy groups -OCH3 is 1. The fourth-order valence-corrected chi connectivity index (χ4v) is 2.22. The Hall–Kier alpha value is -3.80. The Labute approximate surface area is 156 Å². The number of nitrogens with zero attached hydrogens (tertiary/aromatic N) is 1. The van der Waals surface area contributed by atoms with Crippen LogP contribution in [0.5, 0.6) is 11.6 Å². The van der Waals surface area contributed by atoms with E-state index in [4.69, 9.17) is 19.2 Å². The van der Waals surface area contributed by atoms with Crippen molar-refractivity contribution in [2.45, 2.75) is 0 Å². The first kappa shape index (κ1) is 18.0. The van der Waals surface area contributed by atoms with E-state index in [1.54, 1.807) is 72.9 Å². The number of aromatic nitrogens is 1. The van der Waals surface area contributed by atoms with Crippen LogP contribution >= 0.6 is 0 Å². The second kappa shape index (κ2) is 9.05. The summed E-state index contributed by atoms with van der Waals surface area (Å²) in [5.74, 6) is -0.151. The van der Waals surface area contributed by atoms with Crippen LogP contribution in [-0.2, 0) is 14.4 Å². The highest BCUT2D eigenvalue weighted by Crippen LogP contribution is 2.24. The molecule has 0 saturated heterocycles. The van der Waals surface area contributed by atoms with E-state index in [9.17, 15) is 4.79 Å². The Morgan fingerprint density at radius 1 is 0.852 bits per heavy atom. The number of hydrogen-bond acceptors (Lipinski definition) is 6. The van der Waals surface area contributed by atoms with E-state index in [-0.39, 0.29) is 17.4 Å². The molecular formula is C21H17NO5. The van der Waals surface area contributed by atoms with Crippen molar-refractivity contribution in [1.29, 1.82) is 0 Å².